The molecule has 0 bridgehead atoms. The second kappa shape index (κ2) is 6.72. The molecular formula is C19H31N5O. The van der Waals surface area contributed by atoms with E-state index in [1.165, 1.54) is 32.2 Å². The Morgan fingerprint density at radius 3 is 2.64 bits per heavy atom. The van der Waals surface area contributed by atoms with Crippen molar-refractivity contribution in [1.29, 1.82) is 0 Å². The molecule has 0 N–H and O–H groups in total. The molecule has 3 fully saturated rings. The van der Waals surface area contributed by atoms with Crippen LogP contribution in [0.2, 0.25) is 0 Å². The van der Waals surface area contributed by atoms with Crippen LogP contribution in [0.4, 0.5) is 11.6 Å². The first-order valence-electron chi connectivity index (χ1n) is 9.59. The fourth-order valence-electron chi connectivity index (χ4n) is 4.19. The number of nitrogens with zero attached hydrogens (tertiary/aromatic N) is 5. The standard InChI is InChI=1S/C19H31N5O/c1-22(2)17-8-18(21-14-20-17)24-12-19(13-24)9-16(6-7-23(19)3)11-25-10-15-4-5-15/h8,14-16H,4-7,9-13H2,1-3H3/t16-/m0/s1. The Bertz CT molecular complexity index is 597. The Labute approximate surface area is 151 Å². The van der Waals surface area contributed by atoms with Crippen molar-refractivity contribution in [2.45, 2.75) is 31.2 Å². The summed E-state index contributed by atoms with van der Waals surface area (Å²) in [6, 6.07) is 2.09. The van der Waals surface area contributed by atoms with Gasteiger partial charge < -0.3 is 14.5 Å². The summed E-state index contributed by atoms with van der Waals surface area (Å²) in [5, 5.41) is 0. The van der Waals surface area contributed by atoms with Gasteiger partial charge in [-0.3, -0.25) is 4.90 Å². The van der Waals surface area contributed by atoms with Crippen LogP contribution in [0.25, 0.3) is 0 Å². The van der Waals surface area contributed by atoms with Crippen molar-refractivity contribution in [2.75, 3.05) is 63.8 Å². The molecule has 1 atom stereocenters. The topological polar surface area (TPSA) is 44.7 Å². The maximum Gasteiger partial charge on any atom is 0.134 e. The third kappa shape index (κ3) is 3.60. The van der Waals surface area contributed by atoms with Crippen LogP contribution in [0, 0.1) is 11.8 Å². The lowest BCUT2D eigenvalue weighted by molar-refractivity contribution is -0.0138. The average molecular weight is 345 g/mol. The molecule has 1 spiro atoms. The molecule has 3 heterocycles. The van der Waals surface area contributed by atoms with Gasteiger partial charge in [-0.05, 0) is 51.1 Å². The van der Waals surface area contributed by atoms with E-state index in [9.17, 15) is 0 Å². The number of ether oxygens (including phenoxy) is 1. The Morgan fingerprint density at radius 2 is 1.92 bits per heavy atom. The van der Waals surface area contributed by atoms with Crippen LogP contribution in [0.1, 0.15) is 25.7 Å². The Morgan fingerprint density at radius 1 is 1.16 bits per heavy atom. The summed E-state index contributed by atoms with van der Waals surface area (Å²) in [6.45, 7) is 5.24. The molecule has 3 aliphatic rings. The molecular weight excluding hydrogens is 314 g/mol. The van der Waals surface area contributed by atoms with Crippen LogP contribution in [-0.2, 0) is 4.74 Å². The first-order valence-corrected chi connectivity index (χ1v) is 9.59. The monoisotopic (exact) mass is 345 g/mol. The van der Waals surface area contributed by atoms with Crippen molar-refractivity contribution in [3.05, 3.63) is 12.4 Å². The number of anilines is 2. The van der Waals surface area contributed by atoms with Crippen molar-refractivity contribution < 1.29 is 4.74 Å². The predicted molar refractivity (Wildman–Crippen MR) is 100 cm³/mol. The fraction of sp³-hybridized carbons (Fsp3) is 0.789. The van der Waals surface area contributed by atoms with Gasteiger partial charge >= 0.3 is 0 Å². The van der Waals surface area contributed by atoms with Gasteiger partial charge in [-0.2, -0.15) is 0 Å². The number of likely N-dealkylation sites (N-methyl/N-ethyl adjacent to an activating group) is 1. The van der Waals surface area contributed by atoms with Crippen LogP contribution in [0.5, 0.6) is 0 Å². The number of piperidine rings is 1. The first kappa shape index (κ1) is 17.0. The molecule has 2 aliphatic heterocycles. The van der Waals surface area contributed by atoms with Gasteiger partial charge in [0.15, 0.2) is 0 Å². The van der Waals surface area contributed by atoms with Gasteiger partial charge in [-0.25, -0.2) is 9.97 Å². The third-order valence-electron chi connectivity index (χ3n) is 6.15. The van der Waals surface area contributed by atoms with E-state index < -0.39 is 0 Å². The minimum absolute atomic E-state index is 0.301. The summed E-state index contributed by atoms with van der Waals surface area (Å²) in [5.41, 5.74) is 0.301. The highest BCUT2D eigenvalue weighted by molar-refractivity contribution is 5.52. The lowest BCUT2D eigenvalue weighted by Crippen LogP contribution is -2.72. The zero-order valence-corrected chi connectivity index (χ0v) is 15.8. The van der Waals surface area contributed by atoms with Gasteiger partial charge in [0, 0.05) is 46.5 Å². The van der Waals surface area contributed by atoms with E-state index in [2.05, 4.69) is 32.9 Å². The van der Waals surface area contributed by atoms with Gasteiger partial charge in [0.05, 0.1) is 5.54 Å². The molecule has 2 saturated heterocycles. The van der Waals surface area contributed by atoms with Crippen molar-refractivity contribution in [2.24, 2.45) is 11.8 Å². The smallest absolute Gasteiger partial charge is 0.134 e. The van der Waals surface area contributed by atoms with Crippen LogP contribution in [-0.4, -0.2) is 74.4 Å². The molecule has 1 aromatic heterocycles. The van der Waals surface area contributed by atoms with E-state index in [1.807, 2.05) is 19.0 Å². The predicted octanol–water partition coefficient (Wildman–Crippen LogP) is 1.87. The van der Waals surface area contributed by atoms with Gasteiger partial charge in [0.2, 0.25) is 0 Å². The average Bonchev–Trinajstić information content (AvgIpc) is 3.39. The van der Waals surface area contributed by atoms with Crippen molar-refractivity contribution in [1.82, 2.24) is 14.9 Å². The van der Waals surface area contributed by atoms with Crippen LogP contribution in [0.15, 0.2) is 12.4 Å². The molecule has 4 rings (SSSR count). The highest BCUT2D eigenvalue weighted by atomic mass is 16.5. The summed E-state index contributed by atoms with van der Waals surface area (Å²) < 4.78 is 5.99. The summed E-state index contributed by atoms with van der Waals surface area (Å²) in [4.78, 5) is 15.8. The molecule has 0 radical (unpaired) electrons. The Kier molecular flexibility index (Phi) is 4.58. The Balaban J connectivity index is 1.35. The molecule has 6 nitrogen and oxygen atoms in total. The summed E-state index contributed by atoms with van der Waals surface area (Å²) >= 11 is 0. The van der Waals surface area contributed by atoms with Gasteiger partial charge in [-0.1, -0.05) is 0 Å². The van der Waals surface area contributed by atoms with E-state index in [0.717, 1.165) is 43.9 Å². The molecule has 0 amide bonds. The third-order valence-corrected chi connectivity index (χ3v) is 6.15. The number of rotatable bonds is 6. The second-order valence-corrected chi connectivity index (χ2v) is 8.47. The quantitative estimate of drug-likeness (QED) is 0.784. The minimum Gasteiger partial charge on any atom is -0.381 e. The molecule has 1 aliphatic carbocycles. The lowest BCUT2D eigenvalue weighted by atomic mass is 9.75. The highest BCUT2D eigenvalue weighted by Gasteiger charge is 2.49. The van der Waals surface area contributed by atoms with Gasteiger partial charge in [0.25, 0.3) is 0 Å². The number of aromatic nitrogens is 2. The van der Waals surface area contributed by atoms with E-state index in [1.54, 1.807) is 6.33 Å². The number of likely N-dealkylation sites (tertiary alicyclic amines) is 1. The number of hydrogen-bond donors (Lipinski definition) is 0. The fourth-order valence-corrected chi connectivity index (χ4v) is 4.19. The van der Waals surface area contributed by atoms with Crippen molar-refractivity contribution >= 4 is 11.6 Å². The first-order chi connectivity index (χ1) is 12.1. The molecule has 1 saturated carbocycles. The summed E-state index contributed by atoms with van der Waals surface area (Å²) in [6.07, 6.45) is 6.94. The van der Waals surface area contributed by atoms with Gasteiger partial charge in [-0.15, -0.1) is 0 Å². The molecule has 138 valence electrons. The van der Waals surface area contributed by atoms with E-state index >= 15 is 0 Å². The van der Waals surface area contributed by atoms with Crippen LogP contribution < -0.4 is 9.80 Å². The van der Waals surface area contributed by atoms with E-state index in [4.69, 9.17) is 4.74 Å². The second-order valence-electron chi connectivity index (χ2n) is 8.47. The minimum atomic E-state index is 0.301. The molecule has 0 aromatic carbocycles. The number of hydrogen-bond acceptors (Lipinski definition) is 6. The van der Waals surface area contributed by atoms with Crippen LogP contribution >= 0.6 is 0 Å². The SMILES string of the molecule is CN(C)c1cc(N2CC3(C[C@@H](COCC4CC4)CCN3C)C2)ncn1. The zero-order chi connectivity index (χ0) is 17.4. The zero-order valence-electron chi connectivity index (χ0n) is 15.8. The van der Waals surface area contributed by atoms with Crippen molar-refractivity contribution in [3.63, 3.8) is 0 Å². The Hall–Kier alpha value is -1.40. The molecule has 25 heavy (non-hydrogen) atoms. The summed E-state index contributed by atoms with van der Waals surface area (Å²) in [7, 11) is 6.32. The van der Waals surface area contributed by atoms with E-state index in [-0.39, 0.29) is 0 Å². The molecule has 1 aromatic rings. The maximum atomic E-state index is 5.99. The van der Waals surface area contributed by atoms with Gasteiger partial charge in [0.1, 0.15) is 18.0 Å². The molecule has 0 unspecified atom stereocenters. The normalized spacial score (nSPS) is 25.9. The van der Waals surface area contributed by atoms with Crippen LogP contribution in [0.3, 0.4) is 0 Å². The molecule has 6 heteroatoms. The maximum absolute atomic E-state index is 5.99. The van der Waals surface area contributed by atoms with Crippen molar-refractivity contribution in [3.8, 4) is 0 Å². The largest absolute Gasteiger partial charge is 0.381 e. The highest BCUT2D eigenvalue weighted by Crippen LogP contribution is 2.40. The lowest BCUT2D eigenvalue weighted by Gasteiger charge is -2.59. The summed E-state index contributed by atoms with van der Waals surface area (Å²) in [5.74, 6) is 3.59. The van der Waals surface area contributed by atoms with E-state index in [0.29, 0.717) is 11.5 Å².